The minimum atomic E-state index is -1.41. The molecule has 0 aromatic carbocycles. The van der Waals surface area contributed by atoms with Crippen molar-refractivity contribution >= 4 is 17.9 Å². The number of rotatable bonds is 11. The molecule has 12 heteroatoms. The lowest BCUT2D eigenvalue weighted by Crippen LogP contribution is -2.74. The van der Waals surface area contributed by atoms with Crippen LogP contribution in [0.5, 0.6) is 0 Å². The molecule has 4 atom stereocenters. The number of nitrogens with one attached hydrogen (secondary N) is 3. The summed E-state index contributed by atoms with van der Waals surface area (Å²) in [6.45, 7) is -0.700. The van der Waals surface area contributed by atoms with E-state index in [9.17, 15) is 29.7 Å². The summed E-state index contributed by atoms with van der Waals surface area (Å²) in [5, 5.41) is 65.1. The second-order valence-electron chi connectivity index (χ2n) is 6.02. The molecule has 12 nitrogen and oxygen atoms in total. The van der Waals surface area contributed by atoms with E-state index >= 15 is 0 Å². The summed E-state index contributed by atoms with van der Waals surface area (Å²) in [4.78, 5) is 32.0. The molecule has 0 saturated heterocycles. The first-order valence-electron chi connectivity index (χ1n) is 8.05. The van der Waals surface area contributed by atoms with Crippen LogP contribution in [0.3, 0.4) is 0 Å². The molecule has 1 rings (SSSR count). The highest BCUT2D eigenvalue weighted by molar-refractivity contribution is 5.69. The van der Waals surface area contributed by atoms with Gasteiger partial charge in [0.2, 0.25) is 0 Å². The maximum Gasteiger partial charge on any atom is 0.317 e. The standard InChI is InChI=1S/C14H25N3O9/c18-6(19)1-3-15-9-12(24)10(16-4-2-7(20)21)14(26)11(13(9)25)17-5-8(22)23/h9-17,24-26H,1-5H2,(H,18,19)(H,20,21)(H,22,23). The van der Waals surface area contributed by atoms with Crippen LogP contribution in [0.2, 0.25) is 0 Å². The van der Waals surface area contributed by atoms with Crippen LogP contribution >= 0.6 is 0 Å². The normalized spacial score (nSPS) is 31.5. The van der Waals surface area contributed by atoms with Gasteiger partial charge in [-0.2, -0.15) is 0 Å². The van der Waals surface area contributed by atoms with Gasteiger partial charge >= 0.3 is 17.9 Å². The van der Waals surface area contributed by atoms with E-state index < -0.39 is 60.9 Å². The Bertz CT molecular complexity index is 470. The molecule has 1 aliphatic rings. The van der Waals surface area contributed by atoms with E-state index in [1.807, 2.05) is 0 Å². The second kappa shape index (κ2) is 10.4. The Balaban J connectivity index is 2.86. The SMILES string of the molecule is O=C(O)CCNC1C(O)C(NCCC(=O)O)C(O)C(NCC(=O)O)C1O. The Morgan fingerprint density at radius 1 is 0.615 bits per heavy atom. The summed E-state index contributed by atoms with van der Waals surface area (Å²) >= 11 is 0. The summed E-state index contributed by atoms with van der Waals surface area (Å²) in [5.41, 5.74) is 0. The van der Waals surface area contributed by atoms with Gasteiger partial charge in [0.15, 0.2) is 0 Å². The molecule has 26 heavy (non-hydrogen) atoms. The summed E-state index contributed by atoms with van der Waals surface area (Å²) in [6.07, 6.45) is -4.74. The van der Waals surface area contributed by atoms with Crippen LogP contribution in [-0.4, -0.2) is 105 Å². The van der Waals surface area contributed by atoms with Crippen molar-refractivity contribution in [3.8, 4) is 0 Å². The highest BCUT2D eigenvalue weighted by Crippen LogP contribution is 2.22. The summed E-state index contributed by atoms with van der Waals surface area (Å²) in [6, 6.07) is -3.27. The molecule has 1 saturated carbocycles. The molecule has 0 heterocycles. The predicted octanol–water partition coefficient (Wildman–Crippen LogP) is -4.01. The quantitative estimate of drug-likeness (QED) is 0.168. The van der Waals surface area contributed by atoms with Gasteiger partial charge in [-0.1, -0.05) is 0 Å². The van der Waals surface area contributed by atoms with E-state index in [0.717, 1.165) is 0 Å². The fourth-order valence-corrected chi connectivity index (χ4v) is 2.90. The largest absolute Gasteiger partial charge is 0.481 e. The molecule has 9 N–H and O–H groups in total. The third-order valence-electron chi connectivity index (χ3n) is 4.13. The number of aliphatic hydroxyl groups excluding tert-OH is 3. The molecule has 0 amide bonds. The molecule has 0 spiro atoms. The molecule has 0 bridgehead atoms. The molecular formula is C14H25N3O9. The van der Waals surface area contributed by atoms with Crippen molar-refractivity contribution in [2.75, 3.05) is 19.6 Å². The lowest BCUT2D eigenvalue weighted by molar-refractivity contribution is -0.139. The summed E-state index contributed by atoms with van der Waals surface area (Å²) < 4.78 is 0. The van der Waals surface area contributed by atoms with Gasteiger partial charge in [-0.3, -0.25) is 19.7 Å². The molecule has 1 aliphatic carbocycles. The summed E-state index contributed by atoms with van der Waals surface area (Å²) in [7, 11) is 0. The Hall–Kier alpha value is -1.83. The van der Waals surface area contributed by atoms with Gasteiger partial charge in [0.05, 0.1) is 55.8 Å². The van der Waals surface area contributed by atoms with Gasteiger partial charge in [-0.25, -0.2) is 0 Å². The van der Waals surface area contributed by atoms with E-state index in [0.29, 0.717) is 0 Å². The fraction of sp³-hybridized carbons (Fsp3) is 0.786. The first-order valence-corrected chi connectivity index (χ1v) is 8.05. The van der Waals surface area contributed by atoms with Crippen LogP contribution in [0.4, 0.5) is 0 Å². The second-order valence-corrected chi connectivity index (χ2v) is 6.02. The van der Waals surface area contributed by atoms with E-state index in [-0.39, 0.29) is 25.9 Å². The van der Waals surface area contributed by atoms with Gasteiger partial charge in [-0.05, 0) is 0 Å². The number of carboxylic acids is 3. The third-order valence-corrected chi connectivity index (χ3v) is 4.13. The Morgan fingerprint density at radius 3 is 1.27 bits per heavy atom. The first kappa shape index (κ1) is 22.2. The Kier molecular flexibility index (Phi) is 8.84. The average Bonchev–Trinajstić information content (AvgIpc) is 2.53. The summed E-state index contributed by atoms with van der Waals surface area (Å²) in [5.74, 6) is -3.40. The minimum Gasteiger partial charge on any atom is -0.481 e. The molecule has 150 valence electrons. The van der Waals surface area contributed by atoms with Crippen LogP contribution in [0.15, 0.2) is 0 Å². The average molecular weight is 379 g/mol. The number of hydrogen-bond donors (Lipinski definition) is 9. The number of carbonyl (C=O) groups is 3. The zero-order valence-corrected chi connectivity index (χ0v) is 13.9. The molecule has 0 aromatic rings. The predicted molar refractivity (Wildman–Crippen MR) is 85.5 cm³/mol. The highest BCUT2D eigenvalue weighted by atomic mass is 16.4. The van der Waals surface area contributed by atoms with Gasteiger partial charge < -0.3 is 41.3 Å². The Labute approximate surface area is 148 Å². The van der Waals surface area contributed by atoms with Crippen LogP contribution in [0.25, 0.3) is 0 Å². The van der Waals surface area contributed by atoms with Crippen LogP contribution in [0, 0.1) is 0 Å². The van der Waals surface area contributed by atoms with Crippen molar-refractivity contribution in [1.29, 1.82) is 0 Å². The van der Waals surface area contributed by atoms with Crippen molar-refractivity contribution < 1.29 is 45.0 Å². The van der Waals surface area contributed by atoms with Crippen molar-refractivity contribution in [3.05, 3.63) is 0 Å². The van der Waals surface area contributed by atoms with Crippen molar-refractivity contribution in [1.82, 2.24) is 16.0 Å². The molecule has 0 aromatic heterocycles. The minimum absolute atomic E-state index is 0.0717. The molecule has 0 aliphatic heterocycles. The van der Waals surface area contributed by atoms with Gasteiger partial charge in [0.25, 0.3) is 0 Å². The zero-order valence-electron chi connectivity index (χ0n) is 13.9. The Morgan fingerprint density at radius 2 is 0.962 bits per heavy atom. The fourth-order valence-electron chi connectivity index (χ4n) is 2.90. The van der Waals surface area contributed by atoms with E-state index in [2.05, 4.69) is 16.0 Å². The van der Waals surface area contributed by atoms with Gasteiger partial charge in [-0.15, -0.1) is 0 Å². The van der Waals surface area contributed by atoms with Crippen molar-refractivity contribution in [2.24, 2.45) is 0 Å². The number of hydrogen-bond acceptors (Lipinski definition) is 9. The first-order chi connectivity index (χ1) is 12.1. The maximum atomic E-state index is 10.7. The molecular weight excluding hydrogens is 354 g/mol. The number of aliphatic hydroxyl groups is 3. The van der Waals surface area contributed by atoms with Gasteiger partial charge in [0, 0.05) is 13.1 Å². The van der Waals surface area contributed by atoms with Crippen molar-refractivity contribution in [2.45, 2.75) is 49.3 Å². The highest BCUT2D eigenvalue weighted by Gasteiger charge is 2.48. The zero-order chi connectivity index (χ0) is 19.9. The smallest absolute Gasteiger partial charge is 0.317 e. The third kappa shape index (κ3) is 6.48. The molecule has 4 unspecified atom stereocenters. The molecule has 0 radical (unpaired) electrons. The lowest BCUT2D eigenvalue weighted by atomic mass is 9.79. The van der Waals surface area contributed by atoms with Crippen LogP contribution in [-0.2, 0) is 14.4 Å². The van der Waals surface area contributed by atoms with E-state index in [1.54, 1.807) is 0 Å². The van der Waals surface area contributed by atoms with Crippen LogP contribution in [0.1, 0.15) is 12.8 Å². The van der Waals surface area contributed by atoms with Crippen molar-refractivity contribution in [3.63, 3.8) is 0 Å². The van der Waals surface area contributed by atoms with E-state index in [4.69, 9.17) is 15.3 Å². The topological polar surface area (TPSA) is 209 Å². The monoisotopic (exact) mass is 379 g/mol. The molecule has 1 fully saturated rings. The van der Waals surface area contributed by atoms with Crippen LogP contribution < -0.4 is 16.0 Å². The number of aliphatic carboxylic acids is 3. The number of carboxylic acid groups (broad SMARTS) is 3. The van der Waals surface area contributed by atoms with Gasteiger partial charge in [0.1, 0.15) is 0 Å². The van der Waals surface area contributed by atoms with E-state index in [1.165, 1.54) is 0 Å². The lowest BCUT2D eigenvalue weighted by Gasteiger charge is -2.47. The maximum absolute atomic E-state index is 10.7.